The van der Waals surface area contributed by atoms with Gasteiger partial charge in [-0.1, -0.05) is 43.3 Å². The zero-order valence-corrected chi connectivity index (χ0v) is 12.2. The molecule has 1 aliphatic rings. The summed E-state index contributed by atoms with van der Waals surface area (Å²) < 4.78 is 11.6. The van der Waals surface area contributed by atoms with Crippen molar-refractivity contribution in [1.29, 1.82) is 0 Å². The molecule has 0 unspecified atom stereocenters. The highest BCUT2D eigenvalue weighted by atomic mass is 32.2. The largest absolute Gasteiger partial charge is 0.457 e. The fraction of sp³-hybridized carbons (Fsp3) is 0.176. The maximum Gasteiger partial charge on any atom is 0.170 e. The molecule has 1 heterocycles. The van der Waals surface area contributed by atoms with Gasteiger partial charge in [0.1, 0.15) is 6.26 Å². The minimum Gasteiger partial charge on any atom is -0.457 e. The lowest BCUT2D eigenvalue weighted by atomic mass is 10.1. The Bertz CT molecular complexity index is 634. The van der Waals surface area contributed by atoms with Crippen LogP contribution in [0.5, 0.6) is 11.5 Å². The number of thioether (sulfide) groups is 1. The molecule has 0 aliphatic carbocycles. The van der Waals surface area contributed by atoms with Crippen molar-refractivity contribution in [3.8, 4) is 11.5 Å². The van der Waals surface area contributed by atoms with Crippen LogP contribution in [-0.4, -0.2) is 5.75 Å². The molecule has 0 aromatic heterocycles. The van der Waals surface area contributed by atoms with Crippen LogP contribution < -0.4 is 9.47 Å². The quantitative estimate of drug-likeness (QED) is 0.810. The van der Waals surface area contributed by atoms with Gasteiger partial charge in [-0.2, -0.15) is 11.8 Å². The highest BCUT2D eigenvalue weighted by molar-refractivity contribution is 7.98. The first-order chi connectivity index (χ1) is 9.88. The SMILES string of the molecule is CCSCc1ccccc1C1=COc2ccccc2O1. The Morgan fingerprint density at radius 3 is 2.55 bits per heavy atom. The molecule has 2 aromatic rings. The third kappa shape index (κ3) is 2.68. The number of hydrogen-bond acceptors (Lipinski definition) is 3. The van der Waals surface area contributed by atoms with Crippen molar-refractivity contribution in [3.63, 3.8) is 0 Å². The topological polar surface area (TPSA) is 18.5 Å². The van der Waals surface area contributed by atoms with Crippen molar-refractivity contribution in [3.05, 3.63) is 65.9 Å². The van der Waals surface area contributed by atoms with Crippen LogP contribution in [0.15, 0.2) is 54.8 Å². The Kier molecular flexibility index (Phi) is 3.97. The van der Waals surface area contributed by atoms with E-state index in [2.05, 4.69) is 25.1 Å². The fourth-order valence-corrected chi connectivity index (χ4v) is 2.78. The number of para-hydroxylation sites is 2. The van der Waals surface area contributed by atoms with Crippen molar-refractivity contribution < 1.29 is 9.47 Å². The maximum absolute atomic E-state index is 5.97. The maximum atomic E-state index is 5.97. The number of hydrogen-bond donors (Lipinski definition) is 0. The molecule has 3 heteroatoms. The van der Waals surface area contributed by atoms with Crippen molar-refractivity contribution >= 4 is 17.5 Å². The Labute approximate surface area is 123 Å². The lowest BCUT2D eigenvalue weighted by Gasteiger charge is -2.19. The highest BCUT2D eigenvalue weighted by Gasteiger charge is 2.17. The van der Waals surface area contributed by atoms with E-state index in [9.17, 15) is 0 Å². The van der Waals surface area contributed by atoms with E-state index in [1.165, 1.54) is 5.56 Å². The van der Waals surface area contributed by atoms with Crippen LogP contribution in [0.3, 0.4) is 0 Å². The van der Waals surface area contributed by atoms with Crippen LogP contribution in [0.25, 0.3) is 5.76 Å². The van der Waals surface area contributed by atoms with Gasteiger partial charge < -0.3 is 9.47 Å². The molecule has 0 N–H and O–H groups in total. The summed E-state index contributed by atoms with van der Waals surface area (Å²) in [7, 11) is 0. The van der Waals surface area contributed by atoms with E-state index in [-0.39, 0.29) is 0 Å². The molecule has 0 spiro atoms. The molecule has 0 atom stereocenters. The van der Waals surface area contributed by atoms with Gasteiger partial charge in [-0.3, -0.25) is 0 Å². The Hall–Kier alpha value is -1.87. The van der Waals surface area contributed by atoms with E-state index in [1.807, 2.05) is 42.1 Å². The monoisotopic (exact) mass is 284 g/mol. The first-order valence-corrected chi connectivity index (χ1v) is 7.83. The zero-order chi connectivity index (χ0) is 13.8. The summed E-state index contributed by atoms with van der Waals surface area (Å²) in [5.74, 6) is 4.39. The summed E-state index contributed by atoms with van der Waals surface area (Å²) in [6, 6.07) is 16.0. The summed E-state index contributed by atoms with van der Waals surface area (Å²) in [5.41, 5.74) is 2.37. The van der Waals surface area contributed by atoms with Gasteiger partial charge in [-0.15, -0.1) is 0 Å². The third-order valence-corrected chi connectivity index (χ3v) is 4.03. The number of benzene rings is 2. The van der Waals surface area contributed by atoms with Crippen LogP contribution in [0.2, 0.25) is 0 Å². The van der Waals surface area contributed by atoms with E-state index < -0.39 is 0 Å². The molecule has 2 aromatic carbocycles. The summed E-state index contributed by atoms with van der Waals surface area (Å²) in [6.07, 6.45) is 1.69. The Balaban J connectivity index is 1.89. The van der Waals surface area contributed by atoms with Gasteiger partial charge in [0.05, 0.1) is 0 Å². The van der Waals surface area contributed by atoms with Gasteiger partial charge >= 0.3 is 0 Å². The number of ether oxygens (including phenoxy) is 2. The van der Waals surface area contributed by atoms with Crippen molar-refractivity contribution in [2.75, 3.05) is 5.75 Å². The standard InChI is InChI=1S/C17H16O2S/c1-2-20-12-13-7-3-4-8-14(13)17-11-18-15-9-5-6-10-16(15)19-17/h3-11H,2,12H2,1H3. The minimum absolute atomic E-state index is 0.761. The summed E-state index contributed by atoms with van der Waals surface area (Å²) in [5, 5.41) is 0. The van der Waals surface area contributed by atoms with Gasteiger partial charge in [0.25, 0.3) is 0 Å². The van der Waals surface area contributed by atoms with E-state index >= 15 is 0 Å². The summed E-state index contributed by atoms with van der Waals surface area (Å²) in [4.78, 5) is 0. The molecule has 3 rings (SSSR count). The lowest BCUT2D eigenvalue weighted by Crippen LogP contribution is -2.06. The average Bonchev–Trinajstić information content (AvgIpc) is 2.53. The van der Waals surface area contributed by atoms with Gasteiger partial charge in [-0.25, -0.2) is 0 Å². The second kappa shape index (κ2) is 6.06. The van der Waals surface area contributed by atoms with E-state index in [0.717, 1.165) is 34.3 Å². The summed E-state index contributed by atoms with van der Waals surface area (Å²) >= 11 is 1.90. The first kappa shape index (κ1) is 13.1. The molecular weight excluding hydrogens is 268 g/mol. The zero-order valence-electron chi connectivity index (χ0n) is 11.3. The fourth-order valence-electron chi connectivity index (χ4n) is 2.11. The third-order valence-electron chi connectivity index (χ3n) is 3.11. The second-order valence-corrected chi connectivity index (χ2v) is 5.72. The van der Waals surface area contributed by atoms with Crippen molar-refractivity contribution in [1.82, 2.24) is 0 Å². The molecule has 0 radical (unpaired) electrons. The number of fused-ring (bicyclic) bond motifs is 1. The van der Waals surface area contributed by atoms with Gasteiger partial charge in [0, 0.05) is 11.3 Å². The molecule has 0 fully saturated rings. The molecule has 2 nitrogen and oxygen atoms in total. The highest BCUT2D eigenvalue weighted by Crippen LogP contribution is 2.36. The second-order valence-electron chi connectivity index (χ2n) is 4.44. The molecule has 0 amide bonds. The first-order valence-electron chi connectivity index (χ1n) is 6.68. The van der Waals surface area contributed by atoms with E-state index in [1.54, 1.807) is 6.26 Å². The molecule has 0 saturated heterocycles. The van der Waals surface area contributed by atoms with Crippen molar-refractivity contribution in [2.45, 2.75) is 12.7 Å². The van der Waals surface area contributed by atoms with Crippen LogP contribution in [0, 0.1) is 0 Å². The van der Waals surface area contributed by atoms with E-state index in [0.29, 0.717) is 0 Å². The Morgan fingerprint density at radius 2 is 1.70 bits per heavy atom. The van der Waals surface area contributed by atoms with Gasteiger partial charge in [-0.05, 0) is 23.4 Å². The Morgan fingerprint density at radius 1 is 0.950 bits per heavy atom. The molecule has 102 valence electrons. The molecular formula is C17H16O2S. The lowest BCUT2D eigenvalue weighted by molar-refractivity contribution is 0.383. The van der Waals surface area contributed by atoms with Crippen LogP contribution >= 0.6 is 11.8 Å². The normalized spacial score (nSPS) is 12.9. The molecule has 0 bridgehead atoms. The summed E-state index contributed by atoms with van der Waals surface area (Å²) in [6.45, 7) is 2.17. The van der Waals surface area contributed by atoms with Gasteiger partial charge in [0.2, 0.25) is 0 Å². The molecule has 0 saturated carbocycles. The van der Waals surface area contributed by atoms with Crippen LogP contribution in [0.1, 0.15) is 18.1 Å². The minimum atomic E-state index is 0.761. The smallest absolute Gasteiger partial charge is 0.170 e. The number of rotatable bonds is 4. The molecule has 20 heavy (non-hydrogen) atoms. The average molecular weight is 284 g/mol. The van der Waals surface area contributed by atoms with E-state index in [4.69, 9.17) is 9.47 Å². The van der Waals surface area contributed by atoms with Crippen LogP contribution in [0.4, 0.5) is 0 Å². The predicted octanol–water partition coefficient (Wildman–Crippen LogP) is 4.71. The molecule has 1 aliphatic heterocycles. The predicted molar refractivity (Wildman–Crippen MR) is 84.0 cm³/mol. The van der Waals surface area contributed by atoms with Crippen molar-refractivity contribution in [2.24, 2.45) is 0 Å². The van der Waals surface area contributed by atoms with Crippen LogP contribution in [-0.2, 0) is 5.75 Å². The van der Waals surface area contributed by atoms with Gasteiger partial charge in [0.15, 0.2) is 17.3 Å².